The third kappa shape index (κ3) is 6.60. The van der Waals surface area contributed by atoms with Gasteiger partial charge in [0.15, 0.2) is 0 Å². The number of benzene rings is 2. The smallest absolute Gasteiger partial charge is 0.407 e. The standard InChI is InChI=1S/C38H48ClN7O4Si/c1-25(50-51(37(5,6)7,28-15-11-9-12-16-28)29-17-13-10-14-18-29)38(36(2,3)4)24-46(35(47)48)21-26(38)23-49-33-31-30(39)20-40-32(31)43-34(44-33)42-27-19-41-45(8)22-27/h9-20,22,25-26H,21,23-24H2,1-8H3,(H,47,48)(H2,40,42,43,44)/t25-,26+,38-/m0/s1. The van der Waals surface area contributed by atoms with Crippen molar-refractivity contribution >= 4 is 59.1 Å². The molecule has 0 saturated carbocycles. The molecule has 270 valence electrons. The van der Waals surface area contributed by atoms with E-state index in [1.54, 1.807) is 17.1 Å². The van der Waals surface area contributed by atoms with E-state index in [2.05, 4.69) is 117 Å². The van der Waals surface area contributed by atoms with E-state index in [-0.39, 0.29) is 36.8 Å². The maximum Gasteiger partial charge on any atom is 0.407 e. The molecule has 1 fully saturated rings. The molecule has 3 aromatic heterocycles. The van der Waals surface area contributed by atoms with E-state index >= 15 is 0 Å². The molecule has 51 heavy (non-hydrogen) atoms. The first-order chi connectivity index (χ1) is 24.1. The van der Waals surface area contributed by atoms with Crippen LogP contribution >= 0.6 is 11.6 Å². The molecule has 13 heteroatoms. The van der Waals surface area contributed by atoms with Crippen molar-refractivity contribution in [3.05, 3.63) is 84.3 Å². The Kier molecular flexibility index (Phi) is 9.73. The molecular weight excluding hydrogens is 682 g/mol. The first-order valence-corrected chi connectivity index (χ1v) is 19.6. The van der Waals surface area contributed by atoms with Gasteiger partial charge in [-0.15, -0.1) is 0 Å². The molecule has 1 aliphatic heterocycles. The molecule has 4 heterocycles. The molecule has 0 aliphatic carbocycles. The summed E-state index contributed by atoms with van der Waals surface area (Å²) in [5.41, 5.74) is 0.161. The summed E-state index contributed by atoms with van der Waals surface area (Å²) < 4.78 is 16.1. The van der Waals surface area contributed by atoms with Crippen molar-refractivity contribution in [2.24, 2.45) is 23.8 Å². The normalized spacial score (nSPS) is 19.0. The molecule has 3 N–H and O–H groups in total. The number of amides is 1. The molecule has 1 aliphatic rings. The van der Waals surface area contributed by atoms with Crippen LogP contribution in [-0.2, 0) is 11.5 Å². The van der Waals surface area contributed by atoms with E-state index < -0.39 is 25.2 Å². The number of likely N-dealkylation sites (tertiary alicyclic amines) is 1. The molecule has 2 aromatic carbocycles. The second-order valence-electron chi connectivity index (χ2n) is 15.6. The second kappa shape index (κ2) is 13.6. The first-order valence-electron chi connectivity index (χ1n) is 17.3. The van der Waals surface area contributed by atoms with Gasteiger partial charge in [0, 0.05) is 43.9 Å². The Labute approximate surface area is 305 Å². The number of anilines is 2. The number of fused-ring (bicyclic) bond motifs is 1. The lowest BCUT2D eigenvalue weighted by atomic mass is 9.58. The van der Waals surface area contributed by atoms with E-state index in [9.17, 15) is 9.90 Å². The van der Waals surface area contributed by atoms with Crippen LogP contribution in [0.25, 0.3) is 11.0 Å². The number of aromatic amines is 1. The lowest BCUT2D eigenvalue weighted by molar-refractivity contribution is -0.0666. The van der Waals surface area contributed by atoms with Crippen molar-refractivity contribution in [3.8, 4) is 5.88 Å². The highest BCUT2D eigenvalue weighted by Crippen LogP contribution is 2.54. The summed E-state index contributed by atoms with van der Waals surface area (Å²) in [7, 11) is -1.18. The minimum absolute atomic E-state index is 0.176. The van der Waals surface area contributed by atoms with Crippen molar-refractivity contribution in [3.63, 3.8) is 0 Å². The molecule has 0 bridgehead atoms. The van der Waals surface area contributed by atoms with E-state index in [0.29, 0.717) is 27.9 Å². The van der Waals surface area contributed by atoms with E-state index in [1.165, 1.54) is 15.3 Å². The number of aromatic nitrogens is 5. The Morgan fingerprint density at radius 2 is 1.71 bits per heavy atom. The van der Waals surface area contributed by atoms with Crippen molar-refractivity contribution in [1.29, 1.82) is 0 Å². The van der Waals surface area contributed by atoms with Gasteiger partial charge in [0.1, 0.15) is 5.65 Å². The number of nitrogens with zero attached hydrogens (tertiary/aromatic N) is 5. The largest absolute Gasteiger partial charge is 0.477 e. The minimum atomic E-state index is -3.01. The number of nitrogens with one attached hydrogen (secondary N) is 2. The van der Waals surface area contributed by atoms with Crippen LogP contribution in [0.3, 0.4) is 0 Å². The van der Waals surface area contributed by atoms with Crippen molar-refractivity contribution in [2.75, 3.05) is 25.0 Å². The van der Waals surface area contributed by atoms with Gasteiger partial charge in [0.25, 0.3) is 8.32 Å². The lowest BCUT2D eigenvalue weighted by Gasteiger charge is -2.54. The van der Waals surface area contributed by atoms with Crippen molar-refractivity contribution in [1.82, 2.24) is 29.6 Å². The molecule has 1 saturated heterocycles. The number of carboxylic acid groups (broad SMARTS) is 1. The van der Waals surface area contributed by atoms with Gasteiger partial charge in [-0.05, 0) is 27.8 Å². The zero-order chi connectivity index (χ0) is 36.8. The predicted molar refractivity (Wildman–Crippen MR) is 204 cm³/mol. The molecule has 11 nitrogen and oxygen atoms in total. The topological polar surface area (TPSA) is 130 Å². The minimum Gasteiger partial charge on any atom is -0.477 e. The molecule has 0 spiro atoms. The predicted octanol–water partition coefficient (Wildman–Crippen LogP) is 7.07. The molecule has 3 atom stereocenters. The number of rotatable bonds is 10. The fourth-order valence-corrected chi connectivity index (χ4v) is 13.2. The summed E-state index contributed by atoms with van der Waals surface area (Å²) in [6.07, 6.45) is 3.80. The van der Waals surface area contributed by atoms with Gasteiger partial charge < -0.3 is 29.5 Å². The molecule has 5 aromatic rings. The van der Waals surface area contributed by atoms with Gasteiger partial charge >= 0.3 is 6.09 Å². The molecule has 6 rings (SSSR count). The van der Waals surface area contributed by atoms with Crippen LogP contribution < -0.4 is 20.4 Å². The monoisotopic (exact) mass is 729 g/mol. The summed E-state index contributed by atoms with van der Waals surface area (Å²) in [4.78, 5) is 26.7. The third-order valence-electron chi connectivity index (χ3n) is 10.6. The number of hydrogen-bond acceptors (Lipinski definition) is 7. The average Bonchev–Trinajstić information content (AvgIpc) is 3.79. The van der Waals surface area contributed by atoms with Crippen LogP contribution in [0, 0.1) is 16.7 Å². The van der Waals surface area contributed by atoms with E-state index in [0.717, 1.165) is 5.69 Å². The first kappa shape index (κ1) is 36.4. The van der Waals surface area contributed by atoms with E-state index in [4.69, 9.17) is 25.7 Å². The summed E-state index contributed by atoms with van der Waals surface area (Å²) >= 11 is 6.64. The highest BCUT2D eigenvalue weighted by molar-refractivity contribution is 6.99. The van der Waals surface area contributed by atoms with Gasteiger partial charge in [-0.1, -0.05) is 114 Å². The van der Waals surface area contributed by atoms with Crippen LogP contribution in [0.5, 0.6) is 5.88 Å². The van der Waals surface area contributed by atoms with Gasteiger partial charge in [-0.2, -0.15) is 15.1 Å². The zero-order valence-corrected chi connectivity index (χ0v) is 32.3. The summed E-state index contributed by atoms with van der Waals surface area (Å²) in [5.74, 6) is 0.349. The molecule has 0 radical (unpaired) electrons. The lowest BCUT2D eigenvalue weighted by Crippen LogP contribution is -2.69. The Morgan fingerprint density at radius 1 is 1.08 bits per heavy atom. The highest BCUT2D eigenvalue weighted by atomic mass is 35.5. The Morgan fingerprint density at radius 3 is 2.24 bits per heavy atom. The number of H-pyrrole nitrogens is 1. The second-order valence-corrected chi connectivity index (χ2v) is 20.3. The third-order valence-corrected chi connectivity index (χ3v) is 16.0. The number of ether oxygens (including phenoxy) is 1. The van der Waals surface area contributed by atoms with Crippen LogP contribution in [-0.4, -0.2) is 74.9 Å². The fourth-order valence-electron chi connectivity index (χ4n) is 8.19. The van der Waals surface area contributed by atoms with Crippen molar-refractivity contribution in [2.45, 2.75) is 59.6 Å². The summed E-state index contributed by atoms with van der Waals surface area (Å²) in [5, 5.41) is 20.9. The maximum atomic E-state index is 12.7. The van der Waals surface area contributed by atoms with Crippen LogP contribution in [0.1, 0.15) is 48.5 Å². The zero-order valence-electron chi connectivity index (χ0n) is 30.6. The van der Waals surface area contributed by atoms with Gasteiger partial charge in [0.2, 0.25) is 11.8 Å². The molecule has 0 unspecified atom stereocenters. The molecule has 1 amide bonds. The quantitative estimate of drug-likeness (QED) is 0.130. The molecular formula is C38H48ClN7O4Si. The van der Waals surface area contributed by atoms with Crippen molar-refractivity contribution < 1.29 is 19.1 Å². The Hall–Kier alpha value is -4.39. The van der Waals surface area contributed by atoms with Crippen LogP contribution in [0.15, 0.2) is 79.3 Å². The Bertz CT molecular complexity index is 1950. The maximum absolute atomic E-state index is 12.7. The number of halogens is 1. The van der Waals surface area contributed by atoms with Gasteiger partial charge in [-0.3, -0.25) is 4.68 Å². The van der Waals surface area contributed by atoms with Crippen LogP contribution in [0.2, 0.25) is 10.1 Å². The SMILES string of the molecule is C[C@H](O[Si](c1ccccc1)(c1ccccc1)C(C)(C)C)[C@@]1(C(C)(C)C)CN(C(=O)O)C[C@@H]1COc1nc(Nc2cnn(C)c2)nc2[nH]cc(Cl)c12. The highest BCUT2D eigenvalue weighted by Gasteiger charge is 2.61. The van der Waals surface area contributed by atoms with Gasteiger partial charge in [-0.25, -0.2) is 4.79 Å². The number of carbonyl (C=O) groups is 1. The fraction of sp³-hybridized carbons (Fsp3) is 0.421. The van der Waals surface area contributed by atoms with Gasteiger partial charge in [0.05, 0.1) is 35.0 Å². The Balaban J connectivity index is 1.43. The number of hydrogen-bond donors (Lipinski definition) is 3. The van der Waals surface area contributed by atoms with E-state index in [1.807, 2.05) is 25.4 Å². The average molecular weight is 730 g/mol. The summed E-state index contributed by atoms with van der Waals surface area (Å²) in [6.45, 7) is 16.2. The number of aryl methyl sites for hydroxylation is 1. The summed E-state index contributed by atoms with van der Waals surface area (Å²) in [6, 6.07) is 21.1. The van der Waals surface area contributed by atoms with Crippen LogP contribution in [0.4, 0.5) is 16.4 Å².